The van der Waals surface area contributed by atoms with Gasteiger partial charge in [0.25, 0.3) is 0 Å². The molecule has 0 saturated heterocycles. The molecule has 156 valence electrons. The van der Waals surface area contributed by atoms with Crippen molar-refractivity contribution in [1.29, 1.82) is 0 Å². The van der Waals surface area contributed by atoms with E-state index in [-0.39, 0.29) is 9.79 Å². The average Bonchev–Trinajstić information content (AvgIpc) is 2.77. The van der Waals surface area contributed by atoms with Crippen LogP contribution in [0.3, 0.4) is 0 Å². The van der Waals surface area contributed by atoms with Crippen molar-refractivity contribution in [2.75, 3.05) is 0 Å². The molecule has 0 saturated carbocycles. The molecule has 0 atom stereocenters. The molecule has 0 amide bonds. The lowest BCUT2D eigenvalue weighted by Crippen LogP contribution is -2.06. The molecule has 2 nitrogen and oxygen atoms in total. The van der Waals surface area contributed by atoms with Crippen LogP contribution >= 0.6 is 55.1 Å². The second-order valence-corrected chi connectivity index (χ2v) is 11.2. The van der Waals surface area contributed by atoms with E-state index in [0.29, 0.717) is 21.2 Å². The van der Waals surface area contributed by atoms with Gasteiger partial charge in [0.15, 0.2) is 0 Å². The van der Waals surface area contributed by atoms with E-state index >= 15 is 0 Å². The Morgan fingerprint density at radius 2 is 0.968 bits per heavy atom. The van der Waals surface area contributed by atoms with Crippen LogP contribution in [0, 0.1) is 0 Å². The first-order valence-electron chi connectivity index (χ1n) is 9.13. The summed E-state index contributed by atoms with van der Waals surface area (Å²) in [6.45, 7) is 0. The second kappa shape index (κ2) is 9.08. The fourth-order valence-corrected chi connectivity index (χ4v) is 5.88. The van der Waals surface area contributed by atoms with Gasteiger partial charge in [-0.2, -0.15) is 0 Å². The molecule has 0 bridgehead atoms. The van der Waals surface area contributed by atoms with Gasteiger partial charge in [0.1, 0.15) is 0 Å². The summed E-state index contributed by atoms with van der Waals surface area (Å²) in [5, 5.41) is 1.02. The fourth-order valence-electron chi connectivity index (χ4n) is 3.32. The highest BCUT2D eigenvalue weighted by Gasteiger charge is 2.25. The van der Waals surface area contributed by atoms with Crippen molar-refractivity contribution in [3.05, 3.63) is 104 Å². The Morgan fingerprint density at radius 1 is 0.581 bits per heavy atom. The van der Waals surface area contributed by atoms with Crippen LogP contribution in [0.4, 0.5) is 0 Å². The normalized spacial score (nSPS) is 11.5. The summed E-state index contributed by atoms with van der Waals surface area (Å²) in [4.78, 5) is 0.424. The predicted molar refractivity (Wildman–Crippen MR) is 135 cm³/mol. The largest absolute Gasteiger partial charge is 0.218 e. The number of benzene rings is 4. The van der Waals surface area contributed by atoms with Crippen LogP contribution in [-0.2, 0) is 9.84 Å². The van der Waals surface area contributed by atoms with E-state index in [1.165, 1.54) is 0 Å². The first-order chi connectivity index (χ1) is 14.8. The number of halogens is 4. The molecule has 0 aliphatic carbocycles. The number of hydrogen-bond acceptors (Lipinski definition) is 2. The third kappa shape index (κ3) is 4.48. The summed E-state index contributed by atoms with van der Waals surface area (Å²) < 4.78 is 29.2. The molecule has 0 heterocycles. The molecule has 0 spiro atoms. The van der Waals surface area contributed by atoms with Crippen LogP contribution in [0.2, 0.25) is 10.0 Å². The maximum Gasteiger partial charge on any atom is 0.207 e. The minimum atomic E-state index is -3.85. The predicted octanol–water partition coefficient (Wildman–Crippen LogP) is 8.69. The van der Waals surface area contributed by atoms with Crippen molar-refractivity contribution in [1.82, 2.24) is 0 Å². The molecule has 4 aromatic carbocycles. The van der Waals surface area contributed by atoms with E-state index < -0.39 is 9.84 Å². The highest BCUT2D eigenvalue weighted by atomic mass is 79.9. The second-order valence-electron chi connectivity index (χ2n) is 6.75. The Hall–Kier alpha value is -1.63. The molecule has 7 heteroatoms. The van der Waals surface area contributed by atoms with Crippen molar-refractivity contribution in [2.45, 2.75) is 9.79 Å². The van der Waals surface area contributed by atoms with Crippen molar-refractivity contribution >= 4 is 64.9 Å². The molecule has 0 unspecified atom stereocenters. The maximum atomic E-state index is 13.8. The summed E-state index contributed by atoms with van der Waals surface area (Å²) in [6, 6.07) is 24.6. The monoisotopic (exact) mass is 594 g/mol. The zero-order valence-corrected chi connectivity index (χ0v) is 21.3. The molecular formula is C24H14Br2Cl2O2S. The maximum absolute atomic E-state index is 13.8. The Kier molecular flexibility index (Phi) is 6.61. The van der Waals surface area contributed by atoms with E-state index in [2.05, 4.69) is 31.9 Å². The van der Waals surface area contributed by atoms with E-state index in [1.54, 1.807) is 60.7 Å². The van der Waals surface area contributed by atoms with Crippen molar-refractivity contribution in [3.8, 4) is 22.3 Å². The summed E-state index contributed by atoms with van der Waals surface area (Å²) in [5.74, 6) is 0. The van der Waals surface area contributed by atoms with E-state index in [1.807, 2.05) is 24.3 Å². The third-order valence-corrected chi connectivity index (χ3v) is 9.15. The van der Waals surface area contributed by atoms with Crippen LogP contribution in [0.15, 0.2) is 104 Å². The Bertz CT molecular complexity index is 1300. The lowest BCUT2D eigenvalue weighted by atomic mass is 10.1. The highest BCUT2D eigenvalue weighted by Crippen LogP contribution is 2.38. The van der Waals surface area contributed by atoms with Gasteiger partial charge in [-0.15, -0.1) is 0 Å². The third-order valence-electron chi connectivity index (χ3n) is 4.81. The summed E-state index contributed by atoms with van der Waals surface area (Å²) in [5.41, 5.74) is 2.61. The van der Waals surface area contributed by atoms with E-state index in [4.69, 9.17) is 23.2 Å². The molecule has 0 radical (unpaired) electrons. The zero-order chi connectivity index (χ0) is 22.2. The van der Waals surface area contributed by atoms with Crippen LogP contribution < -0.4 is 0 Å². The van der Waals surface area contributed by atoms with Crippen LogP contribution in [0.1, 0.15) is 0 Å². The van der Waals surface area contributed by atoms with Gasteiger partial charge in [-0.3, -0.25) is 0 Å². The first kappa shape index (κ1) is 22.6. The van der Waals surface area contributed by atoms with Crippen molar-refractivity contribution in [2.24, 2.45) is 0 Å². The molecule has 4 aromatic rings. The smallest absolute Gasteiger partial charge is 0.207 e. The van der Waals surface area contributed by atoms with E-state index in [9.17, 15) is 8.42 Å². The quantitative estimate of drug-likeness (QED) is 0.236. The van der Waals surface area contributed by atoms with Gasteiger partial charge in [0, 0.05) is 20.1 Å². The van der Waals surface area contributed by atoms with Crippen LogP contribution in [0.5, 0.6) is 0 Å². The van der Waals surface area contributed by atoms with Gasteiger partial charge in [-0.1, -0.05) is 71.7 Å². The lowest BCUT2D eigenvalue weighted by Gasteiger charge is -2.15. The number of hydrogen-bond donors (Lipinski definition) is 0. The van der Waals surface area contributed by atoms with Gasteiger partial charge in [-0.25, -0.2) is 8.42 Å². The van der Waals surface area contributed by atoms with Crippen LogP contribution in [-0.4, -0.2) is 8.42 Å². The highest BCUT2D eigenvalue weighted by molar-refractivity contribution is 9.10. The van der Waals surface area contributed by atoms with Gasteiger partial charge in [0.2, 0.25) is 9.84 Å². The number of rotatable bonds is 4. The van der Waals surface area contributed by atoms with Gasteiger partial charge in [-0.05, 0) is 79.4 Å². The molecule has 0 aliphatic heterocycles. The van der Waals surface area contributed by atoms with Crippen molar-refractivity contribution in [3.63, 3.8) is 0 Å². The minimum absolute atomic E-state index is 0.212. The molecule has 0 aliphatic rings. The van der Waals surface area contributed by atoms with Crippen LogP contribution in [0.25, 0.3) is 22.3 Å². The molecule has 4 rings (SSSR count). The molecule has 0 N–H and O–H groups in total. The van der Waals surface area contributed by atoms with Gasteiger partial charge in [0.05, 0.1) is 19.8 Å². The zero-order valence-electron chi connectivity index (χ0n) is 15.8. The summed E-state index contributed by atoms with van der Waals surface area (Å²) in [7, 11) is -3.85. The van der Waals surface area contributed by atoms with Crippen molar-refractivity contribution < 1.29 is 8.42 Å². The Balaban J connectivity index is 1.92. The lowest BCUT2D eigenvalue weighted by molar-refractivity contribution is 0.596. The molecule has 0 fully saturated rings. The fraction of sp³-hybridized carbons (Fsp3) is 0. The molecule has 0 aromatic heterocycles. The molecule has 31 heavy (non-hydrogen) atoms. The van der Waals surface area contributed by atoms with Gasteiger partial charge < -0.3 is 0 Å². The Labute approximate surface area is 208 Å². The molecular weight excluding hydrogens is 583 g/mol. The minimum Gasteiger partial charge on any atom is -0.218 e. The summed E-state index contributed by atoms with van der Waals surface area (Å²) in [6.07, 6.45) is 0. The topological polar surface area (TPSA) is 34.1 Å². The Morgan fingerprint density at radius 3 is 1.35 bits per heavy atom. The first-order valence-corrected chi connectivity index (χ1v) is 13.0. The van der Waals surface area contributed by atoms with Gasteiger partial charge >= 0.3 is 0 Å². The standard InChI is InChI=1S/C24H14Br2Cl2O2S/c25-19-11-9-15(13-21(19)27)17-5-1-3-7-23(17)31(29,30)24-8-4-2-6-18(24)16-10-12-20(26)22(28)14-16/h1-14H. The van der Waals surface area contributed by atoms with E-state index in [0.717, 1.165) is 20.1 Å². The SMILES string of the molecule is O=S(=O)(c1ccccc1-c1ccc(Br)c(Cl)c1)c1ccccc1-c1ccc(Br)c(Cl)c1. The summed E-state index contributed by atoms with van der Waals surface area (Å²) >= 11 is 19.3. The number of sulfone groups is 1. The average molecular weight is 597 g/mol.